The van der Waals surface area contributed by atoms with Crippen LogP contribution in [0.25, 0.3) is 0 Å². The minimum absolute atomic E-state index is 0. The summed E-state index contributed by atoms with van der Waals surface area (Å²) in [6.45, 7) is 4.49. The molecule has 4 heteroatoms. The maximum absolute atomic E-state index is 12.1. The van der Waals surface area contributed by atoms with Crippen molar-refractivity contribution in [1.82, 2.24) is 5.32 Å². The van der Waals surface area contributed by atoms with E-state index in [1.807, 2.05) is 6.07 Å². The van der Waals surface area contributed by atoms with Crippen LogP contribution in [0, 0.1) is 0 Å². The average Bonchev–Trinajstić information content (AvgIpc) is 2.53. The quantitative estimate of drug-likeness (QED) is 0.386. The van der Waals surface area contributed by atoms with E-state index < -0.39 is 0 Å². The molecule has 1 rings (SSSR count). The molecule has 144 valence electrons. The Bertz CT molecular complexity index is 448. The van der Waals surface area contributed by atoms with Gasteiger partial charge in [0.15, 0.2) is 6.54 Å². The van der Waals surface area contributed by atoms with E-state index in [4.69, 9.17) is 0 Å². The molecule has 1 N–H and O–H groups in total. The zero-order chi connectivity index (χ0) is 17.7. The Morgan fingerprint density at radius 1 is 0.920 bits per heavy atom. The van der Waals surface area contributed by atoms with Gasteiger partial charge in [-0.05, 0) is 6.42 Å². The van der Waals surface area contributed by atoms with Gasteiger partial charge in [0.1, 0.15) is 6.54 Å². The number of quaternary nitrogens is 1. The molecule has 0 heterocycles. The van der Waals surface area contributed by atoms with Gasteiger partial charge in [-0.3, -0.25) is 4.79 Å². The third-order valence-corrected chi connectivity index (χ3v) is 4.38. The van der Waals surface area contributed by atoms with Crippen molar-refractivity contribution in [1.29, 1.82) is 0 Å². The topological polar surface area (TPSA) is 29.1 Å². The molecule has 0 saturated heterocycles. The number of carbonyl (C=O) groups is 1. The number of hydrogen-bond acceptors (Lipinski definition) is 1. The van der Waals surface area contributed by atoms with Gasteiger partial charge >= 0.3 is 0 Å². The molecule has 0 fully saturated rings. The van der Waals surface area contributed by atoms with Crippen molar-refractivity contribution in [2.75, 3.05) is 27.2 Å². The zero-order valence-corrected chi connectivity index (χ0v) is 18.0. The summed E-state index contributed by atoms with van der Waals surface area (Å²) in [6.07, 6.45) is 10.4. The molecule has 1 amide bonds. The molecule has 0 aromatic heterocycles. The van der Waals surface area contributed by atoms with Crippen LogP contribution in [-0.2, 0) is 11.3 Å². The smallest absolute Gasteiger partial charge is 0.275 e. The Morgan fingerprint density at radius 2 is 1.48 bits per heavy atom. The highest BCUT2D eigenvalue weighted by Gasteiger charge is 2.20. The fourth-order valence-electron chi connectivity index (χ4n) is 3.06. The van der Waals surface area contributed by atoms with Crippen molar-refractivity contribution >= 4 is 5.91 Å². The molecule has 0 aliphatic heterocycles. The summed E-state index contributed by atoms with van der Waals surface area (Å²) in [7, 11) is 4.23. The molecule has 0 aliphatic carbocycles. The van der Waals surface area contributed by atoms with E-state index in [9.17, 15) is 4.79 Å². The lowest BCUT2D eigenvalue weighted by Gasteiger charge is -2.29. The number of amides is 1. The monoisotopic (exact) mass is 412 g/mol. The van der Waals surface area contributed by atoms with Crippen LogP contribution < -0.4 is 22.3 Å². The number of nitrogens with one attached hydrogen (secondary N) is 1. The van der Waals surface area contributed by atoms with Crippen molar-refractivity contribution < 1.29 is 26.3 Å². The molecule has 0 spiro atoms. The predicted octanol–water partition coefficient (Wildman–Crippen LogP) is 1.52. The van der Waals surface area contributed by atoms with Crippen molar-refractivity contribution in [3.05, 3.63) is 35.9 Å². The first-order valence-corrected chi connectivity index (χ1v) is 9.66. The number of nitrogens with zero attached hydrogens (tertiary/aromatic N) is 1. The van der Waals surface area contributed by atoms with E-state index in [1.165, 1.54) is 50.5 Å². The predicted molar refractivity (Wildman–Crippen MR) is 103 cm³/mol. The summed E-state index contributed by atoms with van der Waals surface area (Å²) in [5.41, 5.74) is 1.28. The first-order valence-electron chi connectivity index (χ1n) is 9.66. The Balaban J connectivity index is 0.00000576. The second kappa shape index (κ2) is 14.3. The molecule has 25 heavy (non-hydrogen) atoms. The molecule has 0 bridgehead atoms. The molecular weight excluding hydrogens is 376 g/mol. The lowest BCUT2D eigenvalue weighted by Crippen LogP contribution is -3.00. The number of carbonyl (C=O) groups excluding carboxylic acids is 1. The molecule has 1 aromatic carbocycles. The van der Waals surface area contributed by atoms with Crippen molar-refractivity contribution in [3.8, 4) is 0 Å². The van der Waals surface area contributed by atoms with Crippen LogP contribution in [0.3, 0.4) is 0 Å². The third-order valence-electron chi connectivity index (χ3n) is 4.38. The van der Waals surface area contributed by atoms with Gasteiger partial charge in [0.05, 0.1) is 14.1 Å². The largest absolute Gasteiger partial charge is 1.00 e. The number of likely N-dealkylation sites (N-methyl/N-ethyl adjacent to an activating group) is 1. The zero-order valence-electron chi connectivity index (χ0n) is 16.4. The van der Waals surface area contributed by atoms with Gasteiger partial charge in [-0.1, -0.05) is 82.2 Å². The number of unbranched alkanes of at least 4 members (excludes halogenated alkanes) is 7. The van der Waals surface area contributed by atoms with E-state index in [-0.39, 0.29) is 22.9 Å². The summed E-state index contributed by atoms with van der Waals surface area (Å²) in [5.74, 6) is 0.166. The van der Waals surface area contributed by atoms with Crippen LogP contribution in [0.15, 0.2) is 30.3 Å². The van der Waals surface area contributed by atoms with Crippen molar-refractivity contribution in [2.24, 2.45) is 0 Å². The van der Waals surface area contributed by atoms with Crippen LogP contribution in [0.1, 0.15) is 63.9 Å². The first-order chi connectivity index (χ1) is 11.5. The lowest BCUT2D eigenvalue weighted by atomic mass is 10.1. The van der Waals surface area contributed by atoms with E-state index >= 15 is 0 Å². The minimum Gasteiger partial charge on any atom is -1.00 e. The maximum Gasteiger partial charge on any atom is 0.275 e. The number of rotatable bonds is 13. The Hall–Kier alpha value is -0.870. The van der Waals surface area contributed by atoms with Crippen LogP contribution >= 0.6 is 0 Å². The second-order valence-corrected chi connectivity index (χ2v) is 7.56. The summed E-state index contributed by atoms with van der Waals surface area (Å²) >= 11 is 0. The Labute approximate surface area is 165 Å². The number of halogens is 1. The average molecular weight is 413 g/mol. The Kier molecular flexibility index (Phi) is 13.8. The molecule has 0 aliphatic rings. The van der Waals surface area contributed by atoms with E-state index in [2.05, 4.69) is 50.6 Å². The summed E-state index contributed by atoms with van der Waals surface area (Å²) in [5, 5.41) is 3.08. The van der Waals surface area contributed by atoms with E-state index in [0.29, 0.717) is 11.0 Å². The molecular formula is C21H37BrN2O. The van der Waals surface area contributed by atoms with Crippen molar-refractivity contribution in [3.63, 3.8) is 0 Å². The first kappa shape index (κ1) is 24.1. The summed E-state index contributed by atoms with van der Waals surface area (Å²) in [6, 6.07) is 10.4. The van der Waals surface area contributed by atoms with Gasteiger partial charge in [0.25, 0.3) is 5.91 Å². The molecule has 0 atom stereocenters. The van der Waals surface area contributed by atoms with Gasteiger partial charge in [0.2, 0.25) is 0 Å². The fourth-order valence-corrected chi connectivity index (χ4v) is 3.06. The maximum atomic E-state index is 12.1. The lowest BCUT2D eigenvalue weighted by molar-refractivity contribution is -0.895. The summed E-state index contributed by atoms with van der Waals surface area (Å²) in [4.78, 5) is 12.1. The standard InChI is InChI=1S/C21H36N2O.BrH/c1-4-5-6-7-8-9-10-14-17-22-21(24)19-23(2,3)18-20-15-12-11-13-16-20;/h11-13,15-16H,4-10,14,17-19H2,1-3H3;1H. The number of benzene rings is 1. The van der Waals surface area contributed by atoms with Gasteiger partial charge in [-0.2, -0.15) is 0 Å². The van der Waals surface area contributed by atoms with Gasteiger partial charge in [-0.15, -0.1) is 0 Å². The van der Waals surface area contributed by atoms with Gasteiger partial charge in [0, 0.05) is 12.1 Å². The highest BCUT2D eigenvalue weighted by molar-refractivity contribution is 5.77. The molecule has 1 aromatic rings. The Morgan fingerprint density at radius 3 is 2.08 bits per heavy atom. The van der Waals surface area contributed by atoms with Crippen LogP contribution in [0.2, 0.25) is 0 Å². The van der Waals surface area contributed by atoms with Crippen LogP contribution in [-0.4, -0.2) is 37.6 Å². The second-order valence-electron chi connectivity index (χ2n) is 7.56. The van der Waals surface area contributed by atoms with Crippen LogP contribution in [0.5, 0.6) is 0 Å². The van der Waals surface area contributed by atoms with Gasteiger partial charge in [-0.25, -0.2) is 0 Å². The SMILES string of the molecule is CCCCCCCCCCNC(=O)C[N+](C)(C)Cc1ccccc1.[Br-]. The molecule has 3 nitrogen and oxygen atoms in total. The highest BCUT2D eigenvalue weighted by atomic mass is 79.9. The third kappa shape index (κ3) is 13.1. The van der Waals surface area contributed by atoms with Crippen molar-refractivity contribution in [2.45, 2.75) is 64.8 Å². The molecule has 0 radical (unpaired) electrons. The number of hydrogen-bond donors (Lipinski definition) is 1. The fraction of sp³-hybridized carbons (Fsp3) is 0.667. The highest BCUT2D eigenvalue weighted by Crippen LogP contribution is 2.09. The van der Waals surface area contributed by atoms with E-state index in [0.717, 1.165) is 19.5 Å². The molecule has 0 saturated carbocycles. The van der Waals surface area contributed by atoms with Gasteiger partial charge < -0.3 is 26.8 Å². The van der Waals surface area contributed by atoms with E-state index in [1.54, 1.807) is 0 Å². The normalized spacial score (nSPS) is 11.0. The van der Waals surface area contributed by atoms with Crippen LogP contribution in [0.4, 0.5) is 0 Å². The summed E-state index contributed by atoms with van der Waals surface area (Å²) < 4.78 is 0.688. The molecule has 0 unspecified atom stereocenters. The minimum atomic E-state index is 0.